The number of carbonyl (C=O) groups excluding carboxylic acids is 2. The fraction of sp³-hybridized carbons (Fsp3) is 0.310. The van der Waals surface area contributed by atoms with Crippen molar-refractivity contribution >= 4 is 11.9 Å². The largest absolute Gasteiger partial charge is 0.508 e. The first-order chi connectivity index (χ1) is 17.5. The van der Waals surface area contributed by atoms with Crippen molar-refractivity contribution in [2.75, 3.05) is 13.7 Å². The maximum Gasteiger partial charge on any atom is 0.337 e. The van der Waals surface area contributed by atoms with Crippen molar-refractivity contribution in [3.05, 3.63) is 94.5 Å². The Morgan fingerprint density at radius 2 is 1.57 bits per heavy atom. The fourth-order valence-corrected chi connectivity index (χ4v) is 4.05. The van der Waals surface area contributed by atoms with Crippen LogP contribution in [0.4, 0.5) is 0 Å². The van der Waals surface area contributed by atoms with Crippen molar-refractivity contribution in [1.82, 2.24) is 10.6 Å². The smallest absolute Gasteiger partial charge is 0.337 e. The molecule has 3 aromatic rings. The van der Waals surface area contributed by atoms with E-state index in [2.05, 4.69) is 10.6 Å². The predicted octanol–water partition coefficient (Wildman–Crippen LogP) is 3.39. The van der Waals surface area contributed by atoms with Crippen LogP contribution in [0.1, 0.15) is 52.6 Å². The van der Waals surface area contributed by atoms with Crippen LogP contribution in [-0.2, 0) is 28.9 Å². The minimum Gasteiger partial charge on any atom is -0.508 e. The average molecular weight is 507 g/mol. The highest BCUT2D eigenvalue weighted by atomic mass is 16.5. The number of amides is 1. The second-order valence-corrected chi connectivity index (χ2v) is 9.70. The summed E-state index contributed by atoms with van der Waals surface area (Å²) < 4.78 is 4.69. The highest BCUT2D eigenvalue weighted by Gasteiger charge is 2.21. The van der Waals surface area contributed by atoms with E-state index in [1.165, 1.54) is 25.3 Å². The molecule has 0 aromatic heterocycles. The number of phenols is 2. The summed E-state index contributed by atoms with van der Waals surface area (Å²) in [5.74, 6) is -0.720. The third-order valence-corrected chi connectivity index (χ3v) is 5.95. The molecule has 8 heteroatoms. The lowest BCUT2D eigenvalue weighted by molar-refractivity contribution is -0.120. The van der Waals surface area contributed by atoms with Crippen LogP contribution in [0.5, 0.6) is 11.5 Å². The number of nitrogens with one attached hydrogen (secondary N) is 2. The van der Waals surface area contributed by atoms with Crippen LogP contribution in [0, 0.1) is 0 Å². The fourth-order valence-electron chi connectivity index (χ4n) is 4.05. The van der Waals surface area contributed by atoms with Crippen LogP contribution < -0.4 is 10.6 Å². The van der Waals surface area contributed by atoms with Crippen LogP contribution in [0.15, 0.2) is 66.7 Å². The van der Waals surface area contributed by atoms with E-state index in [1.807, 2.05) is 38.1 Å². The molecule has 1 unspecified atom stereocenters. The Bertz CT molecular complexity index is 1200. The number of phenolic OH excluding ortho intramolecular Hbond substituents is 2. The number of hydrogen-bond acceptors (Lipinski definition) is 7. The maximum atomic E-state index is 12.5. The topological polar surface area (TPSA) is 128 Å². The Morgan fingerprint density at radius 1 is 0.919 bits per heavy atom. The van der Waals surface area contributed by atoms with Crippen molar-refractivity contribution in [2.24, 2.45) is 0 Å². The average Bonchev–Trinajstić information content (AvgIpc) is 2.85. The molecule has 0 saturated heterocycles. The summed E-state index contributed by atoms with van der Waals surface area (Å²) in [5.41, 5.74) is 3.34. The first-order valence-electron chi connectivity index (χ1n) is 12.0. The molecule has 0 aliphatic heterocycles. The number of β-amino-alcohol motifs (C(OH)–C–C–N with tert-alkyl or cyclic N) is 1. The zero-order chi connectivity index (χ0) is 27.0. The Balaban J connectivity index is 1.51. The highest BCUT2D eigenvalue weighted by Crippen LogP contribution is 2.25. The third-order valence-electron chi connectivity index (χ3n) is 5.95. The molecule has 5 N–H and O–H groups in total. The molecule has 0 saturated carbocycles. The van der Waals surface area contributed by atoms with Gasteiger partial charge < -0.3 is 30.7 Å². The molecule has 3 rings (SSSR count). The summed E-state index contributed by atoms with van der Waals surface area (Å²) in [7, 11) is 1.33. The first-order valence-corrected chi connectivity index (χ1v) is 12.0. The predicted molar refractivity (Wildman–Crippen MR) is 140 cm³/mol. The number of aliphatic hydroxyl groups excluding tert-OH is 1. The molecule has 8 nitrogen and oxygen atoms in total. The van der Waals surface area contributed by atoms with Crippen LogP contribution in [-0.4, -0.2) is 46.4 Å². The number of ether oxygens (including phenoxy) is 1. The van der Waals surface area contributed by atoms with Crippen LogP contribution >= 0.6 is 0 Å². The molecule has 0 aliphatic carbocycles. The normalized spacial score (nSPS) is 12.1. The van der Waals surface area contributed by atoms with Crippen molar-refractivity contribution in [1.29, 1.82) is 0 Å². The highest BCUT2D eigenvalue weighted by molar-refractivity contribution is 5.89. The molecule has 0 aliphatic rings. The summed E-state index contributed by atoms with van der Waals surface area (Å²) in [4.78, 5) is 24.0. The van der Waals surface area contributed by atoms with E-state index in [1.54, 1.807) is 24.3 Å². The van der Waals surface area contributed by atoms with Gasteiger partial charge in [0.05, 0.1) is 25.2 Å². The van der Waals surface area contributed by atoms with Gasteiger partial charge in [-0.1, -0.05) is 36.4 Å². The first kappa shape index (κ1) is 27.7. The molecule has 1 atom stereocenters. The van der Waals surface area contributed by atoms with Gasteiger partial charge in [-0.3, -0.25) is 4.79 Å². The van der Waals surface area contributed by atoms with Crippen LogP contribution in [0.2, 0.25) is 0 Å². The standard InChI is InChI=1S/C29H34N2O6/c1-29(2,31-18-26(34)23-13-24(32)15-25(33)14-23)16-21-6-4-5-20(11-21)12-27(35)30-17-19-7-9-22(10-8-19)28(36)37-3/h4-11,13-15,26,31-34H,12,16-18H2,1-3H3,(H,30,35). The molecule has 0 radical (unpaired) electrons. The number of aromatic hydroxyl groups is 2. The number of methoxy groups -OCH3 is 1. The SMILES string of the molecule is COC(=O)c1ccc(CNC(=O)Cc2cccc(CC(C)(C)NCC(O)c3cc(O)cc(O)c3)c2)cc1. The number of carbonyl (C=O) groups is 2. The lowest BCUT2D eigenvalue weighted by Crippen LogP contribution is -2.43. The molecule has 196 valence electrons. The Hall–Kier alpha value is -3.88. The summed E-state index contributed by atoms with van der Waals surface area (Å²) in [5, 5.41) is 36.0. The van der Waals surface area contributed by atoms with Gasteiger partial charge >= 0.3 is 5.97 Å². The summed E-state index contributed by atoms with van der Waals surface area (Å²) in [6, 6.07) is 18.8. The van der Waals surface area contributed by atoms with Gasteiger partial charge in [-0.05, 0) is 66.8 Å². The third kappa shape index (κ3) is 8.63. The molecule has 1 amide bonds. The van der Waals surface area contributed by atoms with Gasteiger partial charge in [0.2, 0.25) is 5.91 Å². The molecule has 3 aromatic carbocycles. The quantitative estimate of drug-likeness (QED) is 0.252. The zero-order valence-electron chi connectivity index (χ0n) is 21.3. The summed E-state index contributed by atoms with van der Waals surface area (Å²) in [6.07, 6.45) is -0.00162. The molecule has 0 spiro atoms. The van der Waals surface area contributed by atoms with E-state index in [-0.39, 0.29) is 35.9 Å². The van der Waals surface area contributed by atoms with Gasteiger partial charge in [0, 0.05) is 24.7 Å². The Labute approximate surface area is 216 Å². The number of benzene rings is 3. The number of esters is 1. The van der Waals surface area contributed by atoms with Gasteiger partial charge in [-0.25, -0.2) is 4.79 Å². The van der Waals surface area contributed by atoms with Crippen molar-refractivity contribution in [3.63, 3.8) is 0 Å². The van der Waals surface area contributed by atoms with E-state index in [0.29, 0.717) is 24.1 Å². The lowest BCUT2D eigenvalue weighted by atomic mass is 9.93. The van der Waals surface area contributed by atoms with Gasteiger partial charge in [-0.15, -0.1) is 0 Å². The van der Waals surface area contributed by atoms with Gasteiger partial charge in [0.25, 0.3) is 0 Å². The molecular weight excluding hydrogens is 472 g/mol. The molecular formula is C29H34N2O6. The Morgan fingerprint density at radius 3 is 2.22 bits per heavy atom. The minimum absolute atomic E-state index is 0.106. The van der Waals surface area contributed by atoms with Crippen molar-refractivity contribution in [3.8, 4) is 11.5 Å². The van der Waals surface area contributed by atoms with E-state index < -0.39 is 12.1 Å². The second-order valence-electron chi connectivity index (χ2n) is 9.70. The molecule has 0 bridgehead atoms. The van der Waals surface area contributed by atoms with Crippen LogP contribution in [0.25, 0.3) is 0 Å². The summed E-state index contributed by atoms with van der Waals surface area (Å²) in [6.45, 7) is 4.63. The molecule has 0 fully saturated rings. The second kappa shape index (κ2) is 12.4. The lowest BCUT2D eigenvalue weighted by Gasteiger charge is -2.28. The number of hydrogen-bond donors (Lipinski definition) is 5. The molecule has 37 heavy (non-hydrogen) atoms. The molecule has 0 heterocycles. The van der Waals surface area contributed by atoms with Crippen molar-refractivity contribution < 1.29 is 29.6 Å². The maximum absolute atomic E-state index is 12.5. The van der Waals surface area contributed by atoms with E-state index in [4.69, 9.17) is 4.74 Å². The van der Waals surface area contributed by atoms with E-state index >= 15 is 0 Å². The monoisotopic (exact) mass is 506 g/mol. The number of rotatable bonds is 11. The van der Waals surface area contributed by atoms with Gasteiger partial charge in [-0.2, -0.15) is 0 Å². The number of aliphatic hydroxyl groups is 1. The van der Waals surface area contributed by atoms with E-state index in [9.17, 15) is 24.9 Å². The van der Waals surface area contributed by atoms with Crippen LogP contribution in [0.3, 0.4) is 0 Å². The van der Waals surface area contributed by atoms with Crippen molar-refractivity contribution in [2.45, 2.75) is 44.9 Å². The zero-order valence-corrected chi connectivity index (χ0v) is 21.3. The van der Waals surface area contributed by atoms with Gasteiger partial charge in [0.1, 0.15) is 11.5 Å². The van der Waals surface area contributed by atoms with E-state index in [0.717, 1.165) is 16.7 Å². The van der Waals surface area contributed by atoms with Gasteiger partial charge in [0.15, 0.2) is 0 Å². The summed E-state index contributed by atoms with van der Waals surface area (Å²) >= 11 is 0. The minimum atomic E-state index is -0.899. The Kier molecular flexibility index (Phi) is 9.27.